The molecule has 5 heteroatoms. The quantitative estimate of drug-likeness (QED) is 0.578. The van der Waals surface area contributed by atoms with Crippen LogP contribution < -0.4 is 3.61 Å². The predicted octanol–water partition coefficient (Wildman–Crippen LogP) is 2.08. The van der Waals surface area contributed by atoms with Gasteiger partial charge in [-0.15, -0.1) is 0 Å². The van der Waals surface area contributed by atoms with Crippen LogP contribution in [0, 0.1) is 0 Å². The van der Waals surface area contributed by atoms with Crippen LogP contribution in [0.25, 0.3) is 0 Å². The van der Waals surface area contributed by atoms with Crippen molar-refractivity contribution in [1.29, 1.82) is 0 Å². The first-order valence-corrected chi connectivity index (χ1v) is 7.37. The SMILES string of the molecule is FC(F)[Te](F)(F)c1ccccc1. The third-order valence-electron chi connectivity index (χ3n) is 1.28. The van der Waals surface area contributed by atoms with Crippen molar-refractivity contribution in [2.24, 2.45) is 0 Å². The molecule has 0 heterocycles. The van der Waals surface area contributed by atoms with Crippen LogP contribution in [0.2, 0.25) is 0 Å². The van der Waals surface area contributed by atoms with Crippen molar-refractivity contribution < 1.29 is 14.6 Å². The van der Waals surface area contributed by atoms with Gasteiger partial charge in [0.05, 0.1) is 0 Å². The fraction of sp³-hybridized carbons (Fsp3) is 0.143. The topological polar surface area (TPSA) is 0 Å². The molecule has 0 saturated carbocycles. The number of alkyl halides is 2. The Bertz CT molecular complexity index is 247. The molecule has 0 nitrogen and oxygen atoms in total. The zero-order valence-electron chi connectivity index (χ0n) is 5.88. The molecule has 1 rings (SSSR count). The van der Waals surface area contributed by atoms with Crippen molar-refractivity contribution >= 4 is 22.9 Å². The number of hydrogen-bond acceptors (Lipinski definition) is 0. The third-order valence-corrected chi connectivity index (χ3v) is 5.13. The van der Waals surface area contributed by atoms with Crippen molar-refractivity contribution in [2.45, 2.75) is 4.47 Å². The summed E-state index contributed by atoms with van der Waals surface area (Å²) in [5.41, 5.74) is 0. The molecule has 0 aliphatic rings. The summed E-state index contributed by atoms with van der Waals surface area (Å²) in [6.45, 7) is 0. The standard InChI is InChI=1S/C7H6F4Te/c8-7(9)12(10,11)6-4-2-1-3-5-6/h1-5,7H. The molecule has 0 saturated heterocycles. The van der Waals surface area contributed by atoms with Gasteiger partial charge in [-0.05, 0) is 0 Å². The zero-order chi connectivity index (χ0) is 9.19. The molecule has 0 spiro atoms. The summed E-state index contributed by atoms with van der Waals surface area (Å²) < 4.78 is 45.2. The van der Waals surface area contributed by atoms with Gasteiger partial charge in [-0.3, -0.25) is 0 Å². The van der Waals surface area contributed by atoms with Crippen LogP contribution in [-0.4, -0.2) is 23.8 Å². The minimum atomic E-state index is -6.02. The minimum absolute atomic E-state index is 0.463. The van der Waals surface area contributed by atoms with Gasteiger partial charge in [0.2, 0.25) is 0 Å². The Kier molecular flexibility index (Phi) is 2.97. The fourth-order valence-electron chi connectivity index (χ4n) is 0.705. The Balaban J connectivity index is 2.98. The van der Waals surface area contributed by atoms with E-state index >= 15 is 0 Å². The monoisotopic (exact) mass is 296 g/mol. The molecule has 0 radical (unpaired) electrons. The summed E-state index contributed by atoms with van der Waals surface area (Å²) in [6.07, 6.45) is 0. The molecule has 0 atom stereocenters. The first kappa shape index (κ1) is 9.81. The normalized spacial score (nSPS) is 13.4. The Morgan fingerprint density at radius 1 is 1.00 bits per heavy atom. The number of benzene rings is 1. The van der Waals surface area contributed by atoms with Gasteiger partial charge in [-0.1, -0.05) is 0 Å². The molecule has 0 aromatic heterocycles. The molecule has 0 unspecified atom stereocenters. The molecule has 12 heavy (non-hydrogen) atoms. The first-order valence-electron chi connectivity index (χ1n) is 3.10. The van der Waals surface area contributed by atoms with Gasteiger partial charge in [-0.25, -0.2) is 0 Å². The van der Waals surface area contributed by atoms with Crippen LogP contribution in [0.15, 0.2) is 30.3 Å². The molecule has 0 N–H and O–H groups in total. The second-order valence-corrected chi connectivity index (χ2v) is 7.35. The molecule has 0 fully saturated rings. The Morgan fingerprint density at radius 3 is 1.92 bits per heavy atom. The van der Waals surface area contributed by atoms with Gasteiger partial charge in [0.25, 0.3) is 0 Å². The van der Waals surface area contributed by atoms with E-state index in [1.807, 2.05) is 0 Å². The van der Waals surface area contributed by atoms with E-state index in [0.29, 0.717) is 0 Å². The molecule has 1 aromatic rings. The van der Waals surface area contributed by atoms with Gasteiger partial charge in [0.15, 0.2) is 0 Å². The summed E-state index contributed by atoms with van der Waals surface area (Å²) >= 11 is -6.02. The van der Waals surface area contributed by atoms with Crippen LogP contribution >= 0.6 is 0 Å². The van der Waals surface area contributed by atoms with E-state index in [1.54, 1.807) is 0 Å². The molecule has 0 aliphatic carbocycles. The number of halogens is 4. The van der Waals surface area contributed by atoms with E-state index in [2.05, 4.69) is 0 Å². The second-order valence-electron chi connectivity index (χ2n) is 2.08. The van der Waals surface area contributed by atoms with E-state index in [0.717, 1.165) is 12.1 Å². The van der Waals surface area contributed by atoms with Crippen LogP contribution in [0.4, 0.5) is 14.6 Å². The molecule has 0 aliphatic heterocycles. The molecule has 0 amide bonds. The van der Waals surface area contributed by atoms with Crippen molar-refractivity contribution in [3.8, 4) is 0 Å². The van der Waals surface area contributed by atoms with Crippen LogP contribution in [0.1, 0.15) is 0 Å². The molecule has 68 valence electrons. The van der Waals surface area contributed by atoms with Crippen molar-refractivity contribution in [2.75, 3.05) is 0 Å². The Labute approximate surface area is 72.6 Å². The van der Waals surface area contributed by atoms with Crippen molar-refractivity contribution in [3.05, 3.63) is 30.3 Å². The van der Waals surface area contributed by atoms with Crippen LogP contribution in [0.3, 0.4) is 0 Å². The van der Waals surface area contributed by atoms with E-state index in [9.17, 15) is 14.6 Å². The molecular formula is C7H6F4Te. The summed E-state index contributed by atoms with van der Waals surface area (Å²) in [4.78, 5) is 0. The number of rotatable bonds is 2. The summed E-state index contributed by atoms with van der Waals surface area (Å²) in [5.74, 6) is 0. The van der Waals surface area contributed by atoms with E-state index < -0.39 is 27.4 Å². The van der Waals surface area contributed by atoms with Crippen LogP contribution in [0.5, 0.6) is 0 Å². The van der Waals surface area contributed by atoms with E-state index in [-0.39, 0.29) is 0 Å². The van der Waals surface area contributed by atoms with Gasteiger partial charge in [-0.2, -0.15) is 0 Å². The Morgan fingerprint density at radius 2 is 1.50 bits per heavy atom. The second kappa shape index (κ2) is 3.63. The average Bonchev–Trinajstić information content (AvgIpc) is 2.06. The van der Waals surface area contributed by atoms with Crippen molar-refractivity contribution in [3.63, 3.8) is 0 Å². The maximum atomic E-state index is 12.7. The van der Waals surface area contributed by atoms with Gasteiger partial charge >= 0.3 is 72.3 Å². The summed E-state index contributed by atoms with van der Waals surface area (Å²) in [7, 11) is 0. The van der Waals surface area contributed by atoms with Gasteiger partial charge in [0, 0.05) is 0 Å². The Hall–Kier alpha value is -0.270. The van der Waals surface area contributed by atoms with Gasteiger partial charge < -0.3 is 0 Å². The summed E-state index contributed by atoms with van der Waals surface area (Å²) in [5, 5.41) is 0. The third kappa shape index (κ3) is 1.90. The zero-order valence-corrected chi connectivity index (χ0v) is 8.21. The molecular weight excluding hydrogens is 288 g/mol. The van der Waals surface area contributed by atoms with Crippen LogP contribution in [-0.2, 0) is 0 Å². The number of hydrogen-bond donors (Lipinski definition) is 0. The van der Waals surface area contributed by atoms with Crippen molar-refractivity contribution in [1.82, 2.24) is 0 Å². The average molecular weight is 294 g/mol. The predicted molar refractivity (Wildman–Crippen MR) is 40.1 cm³/mol. The van der Waals surface area contributed by atoms with E-state index in [1.165, 1.54) is 18.2 Å². The molecule has 0 bridgehead atoms. The maximum absolute atomic E-state index is 12.7. The fourth-order valence-corrected chi connectivity index (χ4v) is 2.78. The molecule has 1 aromatic carbocycles. The summed E-state index contributed by atoms with van der Waals surface area (Å²) in [6, 6.07) is 6.34. The van der Waals surface area contributed by atoms with Gasteiger partial charge in [0.1, 0.15) is 0 Å². The first-order chi connectivity index (χ1) is 5.55. The van der Waals surface area contributed by atoms with E-state index in [4.69, 9.17) is 0 Å².